The van der Waals surface area contributed by atoms with Gasteiger partial charge in [0.2, 0.25) is 0 Å². The Balaban J connectivity index is 0.00000125. The van der Waals surface area contributed by atoms with Gasteiger partial charge >= 0.3 is 0 Å². The SMILES string of the molecule is C=C1CC2CC(NC(C)C)CCC2(C)C2CCC3(C)C(CCCC=O)CCC3C12C.CC.[HH]. The summed E-state index contributed by atoms with van der Waals surface area (Å²) in [7, 11) is 0. The Labute approximate surface area is 201 Å². The van der Waals surface area contributed by atoms with Crippen LogP contribution in [0.25, 0.3) is 0 Å². The minimum Gasteiger partial charge on any atom is -0.312 e. The Hall–Kier alpha value is -0.630. The second-order valence-electron chi connectivity index (χ2n) is 12.6. The fourth-order valence-electron chi connectivity index (χ4n) is 9.44. The monoisotopic (exact) mass is 445 g/mol. The molecule has 4 rings (SSSR count). The number of hydrogen-bond donors (Lipinski definition) is 1. The molecule has 2 nitrogen and oxygen atoms in total. The van der Waals surface area contributed by atoms with Crippen molar-refractivity contribution in [3.8, 4) is 0 Å². The Morgan fingerprint density at radius 3 is 2.38 bits per heavy atom. The molecule has 1 N–H and O–H groups in total. The lowest BCUT2D eigenvalue weighted by Gasteiger charge is -2.67. The van der Waals surface area contributed by atoms with Gasteiger partial charge < -0.3 is 10.1 Å². The molecule has 4 aliphatic carbocycles. The predicted molar refractivity (Wildman–Crippen MR) is 140 cm³/mol. The van der Waals surface area contributed by atoms with Crippen LogP contribution >= 0.6 is 0 Å². The molecule has 8 atom stereocenters. The zero-order chi connectivity index (χ0) is 23.7. The van der Waals surface area contributed by atoms with Gasteiger partial charge in [-0.1, -0.05) is 60.6 Å². The third-order valence-corrected chi connectivity index (χ3v) is 11.0. The van der Waals surface area contributed by atoms with E-state index in [0.717, 1.165) is 42.8 Å². The molecule has 0 saturated heterocycles. The summed E-state index contributed by atoms with van der Waals surface area (Å²) in [6.45, 7) is 21.3. The van der Waals surface area contributed by atoms with Crippen molar-refractivity contribution in [1.29, 1.82) is 0 Å². The number of rotatable bonds is 6. The first-order valence-electron chi connectivity index (χ1n) is 14.0. The molecule has 0 spiro atoms. The molecule has 0 aromatic heterocycles. The molecule has 0 aromatic rings. The van der Waals surface area contributed by atoms with E-state index >= 15 is 0 Å². The highest BCUT2D eigenvalue weighted by Gasteiger charge is 2.65. The molecule has 2 heteroatoms. The number of hydrogen-bond acceptors (Lipinski definition) is 2. The molecule has 0 aromatic carbocycles. The van der Waals surface area contributed by atoms with Gasteiger partial charge in [0.1, 0.15) is 6.29 Å². The van der Waals surface area contributed by atoms with E-state index in [1.54, 1.807) is 5.57 Å². The molecular formula is C30H55NO. The lowest BCUT2D eigenvalue weighted by Crippen LogP contribution is -2.60. The van der Waals surface area contributed by atoms with Crippen LogP contribution in [0, 0.1) is 39.9 Å². The average Bonchev–Trinajstić information content (AvgIpc) is 3.09. The van der Waals surface area contributed by atoms with Crippen LogP contribution in [0.5, 0.6) is 0 Å². The Kier molecular flexibility index (Phi) is 8.06. The standard InChI is InChI=1S/C28H47NO.C2H6.H2/c1-19(2)29-23-12-14-27(5)22(18-23)17-20(3)28(6)24-11-10-21(9-7-8-16-30)26(24,4)15-13-25(27)28;1-2;/h16,19,21-25,29H,3,7-15,17-18H2,1-2,4-6H3;1-2H3;1H. The van der Waals surface area contributed by atoms with Gasteiger partial charge in [0, 0.05) is 19.9 Å². The van der Waals surface area contributed by atoms with Crippen LogP contribution in [-0.4, -0.2) is 18.4 Å². The minimum atomic E-state index is 0. The molecule has 0 bridgehead atoms. The number of unbranched alkanes of at least 4 members (excludes halogenated alkanes) is 1. The van der Waals surface area contributed by atoms with Gasteiger partial charge in [0.25, 0.3) is 0 Å². The highest BCUT2D eigenvalue weighted by Crippen LogP contribution is 2.73. The quantitative estimate of drug-likeness (QED) is 0.253. The van der Waals surface area contributed by atoms with Gasteiger partial charge in [-0.3, -0.25) is 0 Å². The summed E-state index contributed by atoms with van der Waals surface area (Å²) in [5.74, 6) is 3.22. The van der Waals surface area contributed by atoms with Gasteiger partial charge in [0.05, 0.1) is 0 Å². The molecule has 8 unspecified atom stereocenters. The smallest absolute Gasteiger partial charge is 0.119 e. The first-order valence-corrected chi connectivity index (χ1v) is 14.0. The normalized spacial score (nSPS) is 45.4. The van der Waals surface area contributed by atoms with E-state index in [2.05, 4.69) is 39.9 Å². The number of fused-ring (bicyclic) bond motifs is 5. The third-order valence-electron chi connectivity index (χ3n) is 11.0. The van der Waals surface area contributed by atoms with Gasteiger partial charge in [-0.15, -0.1) is 0 Å². The van der Waals surface area contributed by atoms with Gasteiger partial charge in [0.15, 0.2) is 0 Å². The minimum absolute atomic E-state index is 0. The van der Waals surface area contributed by atoms with E-state index in [1.807, 2.05) is 13.8 Å². The van der Waals surface area contributed by atoms with Crippen molar-refractivity contribution in [2.75, 3.05) is 0 Å². The fraction of sp³-hybridized carbons (Fsp3) is 0.900. The fourth-order valence-corrected chi connectivity index (χ4v) is 9.44. The van der Waals surface area contributed by atoms with Crippen molar-refractivity contribution in [2.45, 2.75) is 131 Å². The van der Waals surface area contributed by atoms with E-state index in [-0.39, 0.29) is 1.43 Å². The number of carbonyl (C=O) groups excluding carboxylic acids is 1. The zero-order valence-corrected chi connectivity index (χ0v) is 22.4. The van der Waals surface area contributed by atoms with E-state index in [4.69, 9.17) is 6.58 Å². The summed E-state index contributed by atoms with van der Waals surface area (Å²) in [6, 6.07) is 1.28. The van der Waals surface area contributed by atoms with Crippen molar-refractivity contribution < 1.29 is 6.22 Å². The van der Waals surface area contributed by atoms with Gasteiger partial charge in [-0.25, -0.2) is 0 Å². The highest BCUT2D eigenvalue weighted by molar-refractivity contribution is 5.49. The molecule has 4 fully saturated rings. The van der Waals surface area contributed by atoms with Crippen molar-refractivity contribution in [3.05, 3.63) is 12.2 Å². The summed E-state index contributed by atoms with van der Waals surface area (Å²) in [5.41, 5.74) is 2.85. The molecule has 186 valence electrons. The first kappa shape index (κ1) is 26.0. The van der Waals surface area contributed by atoms with Crippen LogP contribution in [0.3, 0.4) is 0 Å². The van der Waals surface area contributed by atoms with Crippen LogP contribution in [-0.2, 0) is 4.79 Å². The maximum absolute atomic E-state index is 10.9. The summed E-state index contributed by atoms with van der Waals surface area (Å²) in [5, 5.41) is 3.85. The molecule has 32 heavy (non-hydrogen) atoms. The lowest BCUT2D eigenvalue weighted by molar-refractivity contribution is -0.137. The Morgan fingerprint density at radius 1 is 1.06 bits per heavy atom. The van der Waals surface area contributed by atoms with Crippen molar-refractivity contribution in [1.82, 2.24) is 5.32 Å². The van der Waals surface area contributed by atoms with Crippen molar-refractivity contribution >= 4 is 6.29 Å². The number of aldehydes is 1. The largest absolute Gasteiger partial charge is 0.312 e. The second kappa shape index (κ2) is 9.93. The molecule has 0 amide bonds. The molecule has 4 aliphatic rings. The second-order valence-corrected chi connectivity index (χ2v) is 12.6. The topological polar surface area (TPSA) is 29.1 Å². The number of carbonyl (C=O) groups is 1. The Bertz CT molecular complexity index is 676. The molecule has 0 radical (unpaired) electrons. The van der Waals surface area contributed by atoms with Crippen LogP contribution < -0.4 is 5.32 Å². The maximum Gasteiger partial charge on any atom is 0.119 e. The molecule has 0 aliphatic heterocycles. The van der Waals surface area contributed by atoms with Gasteiger partial charge in [-0.2, -0.15) is 0 Å². The van der Waals surface area contributed by atoms with Gasteiger partial charge in [-0.05, 0) is 104 Å². The Morgan fingerprint density at radius 2 is 1.72 bits per heavy atom. The van der Waals surface area contributed by atoms with Crippen LogP contribution in [0.1, 0.15) is 121 Å². The number of allylic oxidation sites excluding steroid dienone is 1. The van der Waals surface area contributed by atoms with E-state index in [1.165, 1.54) is 57.8 Å². The maximum atomic E-state index is 10.9. The molecular weight excluding hydrogens is 390 g/mol. The van der Waals surface area contributed by atoms with Crippen LogP contribution in [0.4, 0.5) is 0 Å². The van der Waals surface area contributed by atoms with Crippen LogP contribution in [0.15, 0.2) is 12.2 Å². The predicted octanol–water partition coefficient (Wildman–Crippen LogP) is 8.21. The van der Waals surface area contributed by atoms with Crippen molar-refractivity contribution in [3.63, 3.8) is 0 Å². The summed E-state index contributed by atoms with van der Waals surface area (Å²) in [6.07, 6.45) is 15.1. The highest BCUT2D eigenvalue weighted by atomic mass is 16.1. The lowest BCUT2D eigenvalue weighted by atomic mass is 9.38. The van der Waals surface area contributed by atoms with Crippen molar-refractivity contribution in [2.24, 2.45) is 39.9 Å². The summed E-state index contributed by atoms with van der Waals surface area (Å²) in [4.78, 5) is 10.9. The zero-order valence-electron chi connectivity index (χ0n) is 22.4. The summed E-state index contributed by atoms with van der Waals surface area (Å²) >= 11 is 0. The number of nitrogens with one attached hydrogen (secondary N) is 1. The first-order chi connectivity index (χ1) is 15.2. The average molecular weight is 446 g/mol. The molecule has 0 heterocycles. The molecule has 4 saturated carbocycles. The van der Waals surface area contributed by atoms with E-state index in [9.17, 15) is 4.79 Å². The summed E-state index contributed by atoms with van der Waals surface area (Å²) < 4.78 is 0. The van der Waals surface area contributed by atoms with E-state index < -0.39 is 0 Å². The van der Waals surface area contributed by atoms with E-state index in [0.29, 0.717) is 28.3 Å². The third kappa shape index (κ3) is 4.16. The van der Waals surface area contributed by atoms with Crippen LogP contribution in [0.2, 0.25) is 0 Å².